The van der Waals surface area contributed by atoms with Crippen LogP contribution in [-0.4, -0.2) is 43.5 Å². The number of amides is 1. The van der Waals surface area contributed by atoms with Crippen molar-refractivity contribution in [1.29, 1.82) is 0 Å². The Hall–Kier alpha value is -3.48. The standard InChI is InChI=1S/C22H20ClN5O5S2/c1-14-24-19-10-11-20(22(29)27-35(32,33)17-6-4-3-5-7-17)25-21(19)28(14)13-15-8-9-16(12-18(15)23)26-34(2,30)31/h3-12,26H,13H2,1-2H3,(H,27,29). The van der Waals surface area contributed by atoms with Crippen molar-refractivity contribution in [2.45, 2.75) is 18.4 Å². The summed E-state index contributed by atoms with van der Waals surface area (Å²) in [7, 11) is -7.52. The SMILES string of the molecule is Cc1nc2ccc(C(=O)NS(=O)(=O)c3ccccc3)nc2n1Cc1ccc(NS(C)(=O)=O)cc1Cl. The average molecular weight is 534 g/mol. The van der Waals surface area contributed by atoms with E-state index in [2.05, 4.69) is 14.7 Å². The molecule has 4 aromatic rings. The van der Waals surface area contributed by atoms with Crippen LogP contribution >= 0.6 is 11.6 Å². The van der Waals surface area contributed by atoms with Crippen molar-refractivity contribution in [2.24, 2.45) is 0 Å². The van der Waals surface area contributed by atoms with E-state index in [-0.39, 0.29) is 17.1 Å². The van der Waals surface area contributed by atoms with Gasteiger partial charge in [-0.1, -0.05) is 35.9 Å². The second-order valence-electron chi connectivity index (χ2n) is 7.71. The average Bonchev–Trinajstić information content (AvgIpc) is 3.09. The van der Waals surface area contributed by atoms with Crippen LogP contribution in [0.25, 0.3) is 11.2 Å². The van der Waals surface area contributed by atoms with Gasteiger partial charge in [-0.05, 0) is 48.9 Å². The zero-order valence-corrected chi connectivity index (χ0v) is 20.9. The Morgan fingerprint density at radius 1 is 1.00 bits per heavy atom. The van der Waals surface area contributed by atoms with Gasteiger partial charge in [-0.25, -0.2) is 31.5 Å². The number of pyridine rings is 1. The van der Waals surface area contributed by atoms with Crippen molar-refractivity contribution >= 4 is 54.4 Å². The lowest BCUT2D eigenvalue weighted by Gasteiger charge is -2.11. The fourth-order valence-electron chi connectivity index (χ4n) is 3.39. The molecule has 0 saturated carbocycles. The summed E-state index contributed by atoms with van der Waals surface area (Å²) in [5.74, 6) is -0.285. The minimum absolute atomic E-state index is 0.0428. The first-order valence-electron chi connectivity index (χ1n) is 10.2. The van der Waals surface area contributed by atoms with Gasteiger partial charge < -0.3 is 4.57 Å². The quantitative estimate of drug-likeness (QED) is 0.372. The third-order valence-electron chi connectivity index (χ3n) is 4.98. The third kappa shape index (κ3) is 5.61. The van der Waals surface area contributed by atoms with Gasteiger partial charge in [0.1, 0.15) is 17.0 Å². The predicted molar refractivity (Wildman–Crippen MR) is 132 cm³/mol. The summed E-state index contributed by atoms with van der Waals surface area (Å²) in [5, 5.41) is 0.322. The molecule has 0 aliphatic carbocycles. The van der Waals surface area contributed by atoms with Gasteiger partial charge in [0.2, 0.25) is 10.0 Å². The highest BCUT2D eigenvalue weighted by atomic mass is 35.5. The minimum Gasteiger partial charge on any atom is -0.308 e. The van der Waals surface area contributed by atoms with Gasteiger partial charge in [0.05, 0.1) is 17.7 Å². The summed E-state index contributed by atoms with van der Waals surface area (Å²) in [6, 6.07) is 15.3. The number of sulfonamides is 2. The zero-order valence-electron chi connectivity index (χ0n) is 18.6. The maximum atomic E-state index is 12.7. The molecule has 2 heterocycles. The Balaban J connectivity index is 1.63. The van der Waals surface area contributed by atoms with Crippen LogP contribution in [-0.2, 0) is 26.6 Å². The largest absolute Gasteiger partial charge is 0.308 e. The zero-order chi connectivity index (χ0) is 25.4. The van der Waals surface area contributed by atoms with Crippen LogP contribution in [0.5, 0.6) is 0 Å². The third-order valence-corrected chi connectivity index (χ3v) is 7.29. The molecule has 0 bridgehead atoms. The maximum Gasteiger partial charge on any atom is 0.283 e. The van der Waals surface area contributed by atoms with E-state index in [4.69, 9.17) is 11.6 Å². The molecule has 2 aromatic heterocycles. The molecular formula is C22H20ClN5O5S2. The number of benzene rings is 2. The van der Waals surface area contributed by atoms with E-state index in [1.54, 1.807) is 47.9 Å². The van der Waals surface area contributed by atoms with E-state index >= 15 is 0 Å². The Morgan fingerprint density at radius 3 is 2.37 bits per heavy atom. The summed E-state index contributed by atoms with van der Waals surface area (Å²) in [6.45, 7) is 2.00. The summed E-state index contributed by atoms with van der Waals surface area (Å²) in [6.07, 6.45) is 1.04. The van der Waals surface area contributed by atoms with Gasteiger partial charge in [-0.2, -0.15) is 0 Å². The number of fused-ring (bicyclic) bond motifs is 1. The summed E-state index contributed by atoms with van der Waals surface area (Å²) >= 11 is 6.37. The smallest absolute Gasteiger partial charge is 0.283 e. The Morgan fingerprint density at radius 2 is 1.71 bits per heavy atom. The first kappa shape index (κ1) is 24.6. The van der Waals surface area contributed by atoms with Crippen molar-refractivity contribution in [3.05, 3.63) is 82.8 Å². The van der Waals surface area contributed by atoms with Gasteiger partial charge in [0.15, 0.2) is 5.65 Å². The van der Waals surface area contributed by atoms with Crippen LogP contribution in [0.1, 0.15) is 21.9 Å². The number of hydrogen-bond acceptors (Lipinski definition) is 7. The molecule has 1 amide bonds. The van der Waals surface area contributed by atoms with Crippen LogP contribution in [0.2, 0.25) is 5.02 Å². The van der Waals surface area contributed by atoms with Crippen molar-refractivity contribution in [2.75, 3.05) is 11.0 Å². The van der Waals surface area contributed by atoms with E-state index in [0.717, 1.165) is 6.26 Å². The lowest BCUT2D eigenvalue weighted by Crippen LogP contribution is -2.31. The van der Waals surface area contributed by atoms with E-state index in [1.165, 1.54) is 24.3 Å². The van der Waals surface area contributed by atoms with Gasteiger partial charge in [-0.3, -0.25) is 9.52 Å². The Kier molecular flexibility index (Phi) is 6.54. The number of aryl methyl sites for hydroxylation is 1. The van der Waals surface area contributed by atoms with E-state index in [0.29, 0.717) is 33.3 Å². The molecule has 10 nitrogen and oxygen atoms in total. The molecule has 182 valence electrons. The van der Waals surface area contributed by atoms with Crippen LogP contribution < -0.4 is 9.44 Å². The molecular weight excluding hydrogens is 514 g/mol. The lowest BCUT2D eigenvalue weighted by molar-refractivity contribution is 0.0977. The summed E-state index contributed by atoms with van der Waals surface area (Å²) in [5.41, 5.74) is 1.76. The maximum absolute atomic E-state index is 12.7. The Labute approximate surface area is 207 Å². The van der Waals surface area contributed by atoms with E-state index < -0.39 is 26.0 Å². The molecule has 0 aliphatic rings. The molecule has 0 aliphatic heterocycles. The highest BCUT2D eigenvalue weighted by molar-refractivity contribution is 7.92. The fourth-order valence-corrected chi connectivity index (χ4v) is 5.16. The van der Waals surface area contributed by atoms with Crippen LogP contribution in [0.15, 0.2) is 65.6 Å². The minimum atomic E-state index is -4.07. The fraction of sp³-hybridized carbons (Fsp3) is 0.136. The molecule has 35 heavy (non-hydrogen) atoms. The molecule has 0 unspecified atom stereocenters. The number of halogens is 1. The number of carbonyl (C=O) groups is 1. The first-order chi connectivity index (χ1) is 16.4. The number of rotatable bonds is 7. The molecule has 0 spiro atoms. The highest BCUT2D eigenvalue weighted by Gasteiger charge is 2.21. The highest BCUT2D eigenvalue weighted by Crippen LogP contribution is 2.25. The number of imidazole rings is 1. The number of nitrogens with zero attached hydrogens (tertiary/aromatic N) is 3. The second kappa shape index (κ2) is 9.29. The summed E-state index contributed by atoms with van der Waals surface area (Å²) < 4.78 is 54.0. The number of anilines is 1. The monoisotopic (exact) mass is 533 g/mol. The molecule has 0 fully saturated rings. The number of carbonyl (C=O) groups excluding carboxylic acids is 1. The van der Waals surface area contributed by atoms with Crippen LogP contribution in [0, 0.1) is 6.92 Å². The second-order valence-corrected chi connectivity index (χ2v) is 11.6. The van der Waals surface area contributed by atoms with Gasteiger partial charge in [0, 0.05) is 10.7 Å². The molecule has 0 atom stereocenters. The van der Waals surface area contributed by atoms with Gasteiger partial charge in [-0.15, -0.1) is 0 Å². The van der Waals surface area contributed by atoms with Crippen molar-refractivity contribution < 1.29 is 21.6 Å². The van der Waals surface area contributed by atoms with Crippen molar-refractivity contribution in [3.8, 4) is 0 Å². The molecule has 0 radical (unpaired) electrons. The van der Waals surface area contributed by atoms with Crippen LogP contribution in [0.4, 0.5) is 5.69 Å². The number of aromatic nitrogens is 3. The lowest BCUT2D eigenvalue weighted by atomic mass is 10.2. The topological polar surface area (TPSA) is 140 Å². The molecule has 13 heteroatoms. The molecule has 2 N–H and O–H groups in total. The molecule has 0 saturated heterocycles. The van der Waals surface area contributed by atoms with Crippen molar-refractivity contribution in [3.63, 3.8) is 0 Å². The summed E-state index contributed by atoms with van der Waals surface area (Å²) in [4.78, 5) is 21.5. The van der Waals surface area contributed by atoms with E-state index in [9.17, 15) is 21.6 Å². The van der Waals surface area contributed by atoms with Crippen molar-refractivity contribution in [1.82, 2.24) is 19.3 Å². The Bertz CT molecular complexity index is 1650. The number of hydrogen-bond donors (Lipinski definition) is 2. The normalized spacial score (nSPS) is 12.0. The van der Waals surface area contributed by atoms with E-state index in [1.807, 2.05) is 4.72 Å². The molecule has 2 aromatic carbocycles. The van der Waals surface area contributed by atoms with Crippen LogP contribution in [0.3, 0.4) is 0 Å². The van der Waals surface area contributed by atoms with Gasteiger partial charge in [0.25, 0.3) is 15.9 Å². The van der Waals surface area contributed by atoms with Gasteiger partial charge >= 0.3 is 0 Å². The first-order valence-corrected chi connectivity index (χ1v) is 13.9. The predicted octanol–water partition coefficient (Wildman–Crippen LogP) is 2.93. The molecule has 4 rings (SSSR count). The number of nitrogens with one attached hydrogen (secondary N) is 2.